The van der Waals surface area contributed by atoms with Crippen molar-refractivity contribution in [3.63, 3.8) is 0 Å². The minimum atomic E-state index is -0.632. The van der Waals surface area contributed by atoms with Crippen LogP contribution in [-0.2, 0) is 0 Å². The molecule has 0 aromatic carbocycles. The second-order valence-electron chi connectivity index (χ2n) is 3.52. The summed E-state index contributed by atoms with van der Waals surface area (Å²) in [5, 5.41) is 4.35. The minimum absolute atomic E-state index is 0.281. The summed E-state index contributed by atoms with van der Waals surface area (Å²) in [4.78, 5) is 12.8. The van der Waals surface area contributed by atoms with Crippen molar-refractivity contribution >= 4 is 5.88 Å². The van der Waals surface area contributed by atoms with E-state index in [2.05, 4.69) is 5.32 Å². The molecule has 77 valence electrons. The minimum Gasteiger partial charge on any atom is -0.394 e. The van der Waals surface area contributed by atoms with E-state index in [4.69, 9.17) is 8.83 Å². The fourth-order valence-electron chi connectivity index (χ4n) is 1.68. The molecule has 2 heterocycles. The third-order valence-corrected chi connectivity index (χ3v) is 2.30. The lowest BCUT2D eigenvalue weighted by atomic mass is 10.2. The van der Waals surface area contributed by atoms with E-state index in [1.54, 1.807) is 6.92 Å². The van der Waals surface area contributed by atoms with Crippen molar-refractivity contribution in [2.24, 2.45) is 0 Å². The van der Waals surface area contributed by atoms with Crippen LogP contribution in [0, 0.1) is 6.92 Å². The largest absolute Gasteiger partial charge is 0.520 e. The van der Waals surface area contributed by atoms with Crippen LogP contribution in [0.4, 0.5) is 5.88 Å². The SMILES string of the molecule is Cc1oc(=O)oc1N1CC[N]C(C)C1. The van der Waals surface area contributed by atoms with E-state index < -0.39 is 5.82 Å². The van der Waals surface area contributed by atoms with Crippen LogP contribution in [0.1, 0.15) is 12.7 Å². The summed E-state index contributed by atoms with van der Waals surface area (Å²) in [6.45, 7) is 6.11. The average molecular weight is 197 g/mol. The van der Waals surface area contributed by atoms with Crippen molar-refractivity contribution in [3.05, 3.63) is 16.4 Å². The molecule has 2 rings (SSSR count). The molecular formula is C9H13N2O3. The number of hydrogen-bond donors (Lipinski definition) is 0. The molecule has 14 heavy (non-hydrogen) atoms. The van der Waals surface area contributed by atoms with E-state index in [1.165, 1.54) is 0 Å². The van der Waals surface area contributed by atoms with Gasteiger partial charge in [-0.15, -0.1) is 0 Å². The summed E-state index contributed by atoms with van der Waals surface area (Å²) >= 11 is 0. The van der Waals surface area contributed by atoms with Gasteiger partial charge in [-0.25, -0.2) is 10.1 Å². The lowest BCUT2D eigenvalue weighted by Crippen LogP contribution is -2.45. The van der Waals surface area contributed by atoms with Crippen molar-refractivity contribution in [1.82, 2.24) is 5.32 Å². The van der Waals surface area contributed by atoms with E-state index in [0.717, 1.165) is 19.6 Å². The van der Waals surface area contributed by atoms with Gasteiger partial charge in [-0.3, -0.25) is 0 Å². The molecule has 1 unspecified atom stereocenters. The maximum absolute atomic E-state index is 10.9. The van der Waals surface area contributed by atoms with Gasteiger partial charge in [0.1, 0.15) is 0 Å². The molecule has 1 radical (unpaired) electrons. The lowest BCUT2D eigenvalue weighted by molar-refractivity contribution is 0.373. The summed E-state index contributed by atoms with van der Waals surface area (Å²) < 4.78 is 9.77. The Morgan fingerprint density at radius 2 is 2.29 bits per heavy atom. The smallest absolute Gasteiger partial charge is 0.394 e. The van der Waals surface area contributed by atoms with Crippen LogP contribution in [0.3, 0.4) is 0 Å². The second-order valence-corrected chi connectivity index (χ2v) is 3.52. The fourth-order valence-corrected chi connectivity index (χ4v) is 1.68. The van der Waals surface area contributed by atoms with E-state index >= 15 is 0 Å². The Bertz CT molecular complexity index is 368. The van der Waals surface area contributed by atoms with Crippen molar-refractivity contribution in [2.45, 2.75) is 19.9 Å². The molecule has 0 saturated carbocycles. The summed E-state index contributed by atoms with van der Waals surface area (Å²) in [5.74, 6) is 0.466. The van der Waals surface area contributed by atoms with E-state index in [0.29, 0.717) is 11.6 Å². The number of piperazine rings is 1. The fraction of sp³-hybridized carbons (Fsp3) is 0.667. The number of rotatable bonds is 1. The summed E-state index contributed by atoms with van der Waals surface area (Å²) in [5.41, 5.74) is 0. The topological polar surface area (TPSA) is 60.7 Å². The number of hydrogen-bond acceptors (Lipinski definition) is 4. The van der Waals surface area contributed by atoms with Gasteiger partial charge in [0.15, 0.2) is 5.76 Å². The highest BCUT2D eigenvalue weighted by atomic mass is 16.6. The van der Waals surface area contributed by atoms with Crippen LogP contribution in [-0.4, -0.2) is 25.7 Å². The van der Waals surface area contributed by atoms with Gasteiger partial charge in [0.2, 0.25) is 5.88 Å². The molecule has 1 saturated heterocycles. The first-order valence-corrected chi connectivity index (χ1v) is 4.69. The molecule has 1 aliphatic heterocycles. The van der Waals surface area contributed by atoms with E-state index in [1.807, 2.05) is 11.8 Å². The number of aryl methyl sites for hydroxylation is 1. The van der Waals surface area contributed by atoms with Crippen molar-refractivity contribution < 1.29 is 8.83 Å². The van der Waals surface area contributed by atoms with Crippen LogP contribution in [0.5, 0.6) is 0 Å². The molecule has 5 nitrogen and oxygen atoms in total. The molecule has 5 heteroatoms. The molecule has 0 bridgehead atoms. The zero-order valence-corrected chi connectivity index (χ0v) is 8.32. The van der Waals surface area contributed by atoms with Crippen LogP contribution < -0.4 is 16.0 Å². The number of anilines is 1. The van der Waals surface area contributed by atoms with Gasteiger partial charge in [0.05, 0.1) is 0 Å². The Hall–Kier alpha value is -1.23. The molecule has 1 fully saturated rings. The van der Waals surface area contributed by atoms with Gasteiger partial charge >= 0.3 is 5.82 Å². The Balaban J connectivity index is 2.21. The molecular weight excluding hydrogens is 184 g/mol. The molecule has 0 N–H and O–H groups in total. The maximum Gasteiger partial charge on any atom is 0.520 e. The monoisotopic (exact) mass is 197 g/mol. The van der Waals surface area contributed by atoms with Crippen molar-refractivity contribution in [1.29, 1.82) is 0 Å². The molecule has 0 spiro atoms. The van der Waals surface area contributed by atoms with Gasteiger partial charge < -0.3 is 13.7 Å². The Morgan fingerprint density at radius 1 is 1.50 bits per heavy atom. The van der Waals surface area contributed by atoms with Crippen LogP contribution in [0.2, 0.25) is 0 Å². The average Bonchev–Trinajstić information content (AvgIpc) is 2.45. The van der Waals surface area contributed by atoms with Crippen LogP contribution >= 0.6 is 0 Å². The van der Waals surface area contributed by atoms with Crippen molar-refractivity contribution in [2.75, 3.05) is 24.5 Å². The van der Waals surface area contributed by atoms with E-state index in [-0.39, 0.29) is 6.04 Å². The number of nitrogens with zero attached hydrogens (tertiary/aromatic N) is 2. The lowest BCUT2D eigenvalue weighted by Gasteiger charge is -2.29. The zero-order valence-electron chi connectivity index (χ0n) is 8.32. The molecule has 0 amide bonds. The van der Waals surface area contributed by atoms with Crippen LogP contribution in [0.15, 0.2) is 13.6 Å². The third kappa shape index (κ3) is 1.68. The predicted octanol–water partition coefficient (Wildman–Crippen LogP) is 0.354. The van der Waals surface area contributed by atoms with Gasteiger partial charge in [-0.05, 0) is 13.8 Å². The zero-order chi connectivity index (χ0) is 10.1. The molecule has 1 aromatic heterocycles. The summed E-state index contributed by atoms with van der Waals surface area (Å²) in [6.07, 6.45) is 0. The summed E-state index contributed by atoms with van der Waals surface area (Å²) in [7, 11) is 0. The highest BCUT2D eigenvalue weighted by molar-refractivity contribution is 5.38. The standard InChI is InChI=1S/C9H13N2O3/c1-6-5-11(4-3-10-6)8-7(2)13-9(12)14-8/h6H,3-5H2,1-2H3. The van der Waals surface area contributed by atoms with Gasteiger partial charge in [0.25, 0.3) is 0 Å². The highest BCUT2D eigenvalue weighted by Gasteiger charge is 2.22. The first kappa shape index (κ1) is 9.33. The van der Waals surface area contributed by atoms with Gasteiger partial charge in [-0.2, -0.15) is 0 Å². The Morgan fingerprint density at radius 3 is 2.86 bits per heavy atom. The first-order chi connectivity index (χ1) is 6.66. The second kappa shape index (κ2) is 3.49. The first-order valence-electron chi connectivity index (χ1n) is 4.69. The summed E-state index contributed by atoms with van der Waals surface area (Å²) in [6, 6.07) is 0.281. The molecule has 0 aliphatic carbocycles. The maximum atomic E-state index is 10.9. The highest BCUT2D eigenvalue weighted by Crippen LogP contribution is 2.19. The Labute approximate surface area is 81.7 Å². The van der Waals surface area contributed by atoms with Crippen LogP contribution in [0.25, 0.3) is 0 Å². The molecule has 1 aliphatic rings. The van der Waals surface area contributed by atoms with Gasteiger partial charge in [0, 0.05) is 25.7 Å². The van der Waals surface area contributed by atoms with Gasteiger partial charge in [-0.1, -0.05) is 0 Å². The van der Waals surface area contributed by atoms with Crippen molar-refractivity contribution in [3.8, 4) is 0 Å². The van der Waals surface area contributed by atoms with E-state index in [9.17, 15) is 4.79 Å². The Kier molecular flexibility index (Phi) is 2.33. The normalized spacial score (nSPS) is 22.7. The third-order valence-electron chi connectivity index (χ3n) is 2.30. The molecule has 1 atom stereocenters. The molecule has 1 aromatic rings. The quantitative estimate of drug-likeness (QED) is 0.652. The predicted molar refractivity (Wildman–Crippen MR) is 50.7 cm³/mol.